The van der Waals surface area contributed by atoms with E-state index in [9.17, 15) is 4.79 Å². The summed E-state index contributed by atoms with van der Waals surface area (Å²) in [6, 6.07) is 5.93. The number of aromatic nitrogens is 1. The predicted molar refractivity (Wildman–Crippen MR) is 64.9 cm³/mol. The number of fused-ring (bicyclic) bond motifs is 1. The van der Waals surface area contributed by atoms with Gasteiger partial charge >= 0.3 is 5.97 Å². The number of hydrogen-bond donors (Lipinski definition) is 0. The third-order valence-corrected chi connectivity index (χ3v) is 2.73. The first-order valence-electron chi connectivity index (χ1n) is 4.82. The first kappa shape index (κ1) is 11.1. The fourth-order valence-corrected chi connectivity index (χ4v) is 1.85. The number of carbonyl (C=O) groups excluding carboxylic acids is 1. The highest BCUT2D eigenvalue weighted by Crippen LogP contribution is 2.22. The lowest BCUT2D eigenvalue weighted by atomic mass is 10.1. The number of nitrogens with zero attached hydrogens (tertiary/aromatic N) is 1. The number of rotatable bonds is 2. The van der Waals surface area contributed by atoms with Crippen LogP contribution in [0.4, 0.5) is 0 Å². The van der Waals surface area contributed by atoms with Crippen LogP contribution in [0.15, 0.2) is 35.1 Å². The third kappa shape index (κ3) is 2.39. The summed E-state index contributed by atoms with van der Waals surface area (Å²) in [6.45, 7) is 1.66. The second kappa shape index (κ2) is 4.61. The van der Waals surface area contributed by atoms with Crippen LogP contribution in [0.3, 0.4) is 0 Å². The van der Waals surface area contributed by atoms with Crippen molar-refractivity contribution in [3.63, 3.8) is 0 Å². The van der Waals surface area contributed by atoms with Crippen molar-refractivity contribution < 1.29 is 9.53 Å². The summed E-state index contributed by atoms with van der Waals surface area (Å²) >= 11 is 3.42. The van der Waals surface area contributed by atoms with E-state index >= 15 is 0 Å². The molecule has 82 valence electrons. The van der Waals surface area contributed by atoms with Crippen LogP contribution in [0, 0.1) is 0 Å². The summed E-state index contributed by atoms with van der Waals surface area (Å²) in [7, 11) is 0. The Bertz CT molecular complexity index is 540. The Kier molecular flexibility index (Phi) is 3.19. The van der Waals surface area contributed by atoms with Gasteiger partial charge in [-0.1, -0.05) is 22.0 Å². The summed E-state index contributed by atoms with van der Waals surface area (Å²) < 4.78 is 5.98. The van der Waals surface area contributed by atoms with Gasteiger partial charge in [0.1, 0.15) is 6.61 Å². The Morgan fingerprint density at radius 1 is 1.44 bits per heavy atom. The van der Waals surface area contributed by atoms with E-state index in [1.807, 2.05) is 18.2 Å². The van der Waals surface area contributed by atoms with Crippen LogP contribution in [0.5, 0.6) is 0 Å². The van der Waals surface area contributed by atoms with Crippen LogP contribution in [0.2, 0.25) is 0 Å². The van der Waals surface area contributed by atoms with E-state index in [0.29, 0.717) is 0 Å². The Morgan fingerprint density at radius 2 is 2.25 bits per heavy atom. The van der Waals surface area contributed by atoms with E-state index < -0.39 is 0 Å². The third-order valence-electron chi connectivity index (χ3n) is 2.24. The summed E-state index contributed by atoms with van der Waals surface area (Å²) in [5.41, 5.74) is 0.911. The molecule has 0 unspecified atom stereocenters. The zero-order valence-electron chi connectivity index (χ0n) is 8.74. The molecule has 0 amide bonds. The molecular weight excluding hydrogens is 270 g/mol. The molecule has 0 saturated heterocycles. The lowest BCUT2D eigenvalue weighted by Crippen LogP contribution is -1.99. The van der Waals surface area contributed by atoms with Gasteiger partial charge in [0.05, 0.1) is 0 Å². The molecule has 0 aliphatic carbocycles. The van der Waals surface area contributed by atoms with E-state index in [0.717, 1.165) is 20.8 Å². The molecule has 2 aromatic rings. The minimum Gasteiger partial charge on any atom is -0.461 e. The number of esters is 1. The normalized spacial score (nSPS) is 10.4. The van der Waals surface area contributed by atoms with Crippen LogP contribution in [-0.2, 0) is 16.1 Å². The lowest BCUT2D eigenvalue weighted by molar-refractivity contribution is -0.142. The van der Waals surface area contributed by atoms with Crippen LogP contribution in [0.25, 0.3) is 10.8 Å². The minimum atomic E-state index is -0.285. The molecule has 0 spiro atoms. The van der Waals surface area contributed by atoms with Gasteiger partial charge < -0.3 is 4.74 Å². The van der Waals surface area contributed by atoms with E-state index in [1.54, 1.807) is 12.4 Å². The van der Waals surface area contributed by atoms with Crippen molar-refractivity contribution in [3.8, 4) is 0 Å². The first-order chi connectivity index (χ1) is 7.66. The highest BCUT2D eigenvalue weighted by molar-refractivity contribution is 9.10. The highest BCUT2D eigenvalue weighted by atomic mass is 79.9. The molecule has 3 nitrogen and oxygen atoms in total. The molecule has 0 atom stereocenters. The molecule has 0 radical (unpaired) electrons. The van der Waals surface area contributed by atoms with E-state index in [2.05, 4.69) is 20.9 Å². The molecule has 1 heterocycles. The monoisotopic (exact) mass is 279 g/mol. The first-order valence-corrected chi connectivity index (χ1v) is 5.61. The summed E-state index contributed by atoms with van der Waals surface area (Å²) in [5, 5.41) is 2.08. The molecule has 16 heavy (non-hydrogen) atoms. The van der Waals surface area contributed by atoms with E-state index in [1.165, 1.54) is 6.92 Å². The Hall–Kier alpha value is -1.42. The molecule has 0 aliphatic heterocycles. The van der Waals surface area contributed by atoms with Gasteiger partial charge in [0.25, 0.3) is 0 Å². The molecule has 0 N–H and O–H groups in total. The van der Waals surface area contributed by atoms with Crippen LogP contribution in [-0.4, -0.2) is 11.0 Å². The van der Waals surface area contributed by atoms with Crippen molar-refractivity contribution in [1.29, 1.82) is 0 Å². The van der Waals surface area contributed by atoms with E-state index in [-0.39, 0.29) is 12.6 Å². The second-order valence-electron chi connectivity index (χ2n) is 3.44. The van der Waals surface area contributed by atoms with Crippen molar-refractivity contribution in [1.82, 2.24) is 4.98 Å². The van der Waals surface area contributed by atoms with Crippen LogP contribution >= 0.6 is 15.9 Å². The summed E-state index contributed by atoms with van der Waals surface area (Å²) in [6.07, 6.45) is 3.51. The van der Waals surface area contributed by atoms with Gasteiger partial charge in [-0.05, 0) is 17.5 Å². The van der Waals surface area contributed by atoms with Gasteiger partial charge in [-0.3, -0.25) is 9.78 Å². The minimum absolute atomic E-state index is 0.260. The average Bonchev–Trinajstić information content (AvgIpc) is 2.26. The predicted octanol–water partition coefficient (Wildman–Crippen LogP) is 3.06. The molecule has 0 aliphatic rings. The SMILES string of the molecule is CC(=O)OCc1cncc2ccc(Br)cc12. The largest absolute Gasteiger partial charge is 0.461 e. The molecule has 2 rings (SSSR count). The van der Waals surface area contributed by atoms with Gasteiger partial charge in [0.2, 0.25) is 0 Å². The fraction of sp³-hybridized carbons (Fsp3) is 0.167. The van der Waals surface area contributed by atoms with Gasteiger partial charge in [0.15, 0.2) is 0 Å². The number of halogens is 1. The van der Waals surface area contributed by atoms with Crippen molar-refractivity contribution in [2.24, 2.45) is 0 Å². The molecule has 0 bridgehead atoms. The maximum atomic E-state index is 10.8. The van der Waals surface area contributed by atoms with Crippen molar-refractivity contribution in [2.45, 2.75) is 13.5 Å². The zero-order chi connectivity index (χ0) is 11.5. The van der Waals surface area contributed by atoms with Gasteiger partial charge in [-0.2, -0.15) is 0 Å². The lowest BCUT2D eigenvalue weighted by Gasteiger charge is -2.06. The highest BCUT2D eigenvalue weighted by Gasteiger charge is 2.03. The number of pyridine rings is 1. The Labute approximate surface area is 102 Å². The van der Waals surface area contributed by atoms with Gasteiger partial charge in [-0.15, -0.1) is 0 Å². The standard InChI is InChI=1S/C12H10BrNO2/c1-8(15)16-7-10-6-14-5-9-2-3-11(13)4-12(9)10/h2-6H,7H2,1H3. The van der Waals surface area contributed by atoms with Crippen molar-refractivity contribution >= 4 is 32.7 Å². The zero-order valence-corrected chi connectivity index (χ0v) is 10.3. The smallest absolute Gasteiger partial charge is 0.302 e. The van der Waals surface area contributed by atoms with Crippen molar-refractivity contribution in [2.75, 3.05) is 0 Å². The van der Waals surface area contributed by atoms with Crippen LogP contribution in [0.1, 0.15) is 12.5 Å². The molecule has 0 fully saturated rings. The second-order valence-corrected chi connectivity index (χ2v) is 4.36. The van der Waals surface area contributed by atoms with Gasteiger partial charge in [0, 0.05) is 34.7 Å². The number of benzene rings is 1. The maximum Gasteiger partial charge on any atom is 0.302 e. The molecular formula is C12H10BrNO2. The molecule has 0 saturated carbocycles. The van der Waals surface area contributed by atoms with E-state index in [4.69, 9.17) is 4.74 Å². The fourth-order valence-electron chi connectivity index (χ4n) is 1.49. The molecule has 4 heteroatoms. The summed E-state index contributed by atoms with van der Waals surface area (Å²) in [4.78, 5) is 14.9. The average molecular weight is 280 g/mol. The Balaban J connectivity index is 2.43. The quantitative estimate of drug-likeness (QED) is 0.794. The van der Waals surface area contributed by atoms with Gasteiger partial charge in [-0.25, -0.2) is 0 Å². The number of ether oxygens (including phenoxy) is 1. The maximum absolute atomic E-state index is 10.8. The summed E-state index contributed by atoms with van der Waals surface area (Å²) in [5.74, 6) is -0.285. The van der Waals surface area contributed by atoms with Crippen molar-refractivity contribution in [3.05, 3.63) is 40.6 Å². The topological polar surface area (TPSA) is 39.2 Å². The molecule has 1 aromatic heterocycles. The molecule has 1 aromatic carbocycles. The Morgan fingerprint density at radius 3 is 3.00 bits per heavy atom. The number of hydrogen-bond acceptors (Lipinski definition) is 3. The van der Waals surface area contributed by atoms with Crippen LogP contribution < -0.4 is 0 Å². The number of carbonyl (C=O) groups is 1.